The second kappa shape index (κ2) is 6.65. The van der Waals surface area contributed by atoms with Gasteiger partial charge in [-0.2, -0.15) is 0 Å². The van der Waals surface area contributed by atoms with E-state index in [9.17, 15) is 9.90 Å². The SMILES string of the molecule is CCOc1cccc(NC(=O)c2cc(OC)ccc2O)c1. The molecule has 21 heavy (non-hydrogen) atoms. The van der Waals surface area contributed by atoms with Crippen LogP contribution in [0.2, 0.25) is 0 Å². The Labute approximate surface area is 123 Å². The van der Waals surface area contributed by atoms with Crippen molar-refractivity contribution in [3.63, 3.8) is 0 Å². The monoisotopic (exact) mass is 287 g/mol. The first-order chi connectivity index (χ1) is 10.1. The van der Waals surface area contributed by atoms with Gasteiger partial charge in [-0.1, -0.05) is 6.07 Å². The summed E-state index contributed by atoms with van der Waals surface area (Å²) >= 11 is 0. The van der Waals surface area contributed by atoms with Crippen molar-refractivity contribution < 1.29 is 19.4 Å². The number of amides is 1. The van der Waals surface area contributed by atoms with Crippen molar-refractivity contribution in [2.24, 2.45) is 0 Å². The fourth-order valence-corrected chi connectivity index (χ4v) is 1.85. The van der Waals surface area contributed by atoms with Crippen molar-refractivity contribution >= 4 is 11.6 Å². The van der Waals surface area contributed by atoms with Gasteiger partial charge in [-0.3, -0.25) is 4.79 Å². The molecule has 2 rings (SSSR count). The molecule has 2 aromatic carbocycles. The molecule has 0 atom stereocenters. The van der Waals surface area contributed by atoms with Gasteiger partial charge in [-0.15, -0.1) is 0 Å². The van der Waals surface area contributed by atoms with Crippen molar-refractivity contribution in [3.05, 3.63) is 48.0 Å². The average Bonchev–Trinajstić information content (AvgIpc) is 2.48. The number of phenols is 1. The summed E-state index contributed by atoms with van der Waals surface area (Å²) in [6.07, 6.45) is 0. The third kappa shape index (κ3) is 3.66. The first-order valence-electron chi connectivity index (χ1n) is 6.55. The van der Waals surface area contributed by atoms with Crippen molar-refractivity contribution in [3.8, 4) is 17.2 Å². The molecular formula is C16H17NO4. The highest BCUT2D eigenvalue weighted by Crippen LogP contribution is 2.24. The lowest BCUT2D eigenvalue weighted by molar-refractivity contribution is 0.102. The van der Waals surface area contributed by atoms with Crippen molar-refractivity contribution in [2.45, 2.75) is 6.92 Å². The van der Waals surface area contributed by atoms with E-state index in [4.69, 9.17) is 9.47 Å². The molecule has 0 bridgehead atoms. The fourth-order valence-electron chi connectivity index (χ4n) is 1.85. The summed E-state index contributed by atoms with van der Waals surface area (Å²) in [7, 11) is 1.50. The van der Waals surface area contributed by atoms with E-state index < -0.39 is 5.91 Å². The van der Waals surface area contributed by atoms with Gasteiger partial charge in [0.05, 0.1) is 19.3 Å². The number of carbonyl (C=O) groups excluding carboxylic acids is 1. The number of methoxy groups -OCH3 is 1. The number of phenolic OH excluding ortho intramolecular Hbond substituents is 1. The van der Waals surface area contributed by atoms with Crippen LogP contribution in [0.15, 0.2) is 42.5 Å². The summed E-state index contributed by atoms with van der Waals surface area (Å²) in [5.74, 6) is 0.653. The Bertz CT molecular complexity index is 640. The smallest absolute Gasteiger partial charge is 0.259 e. The van der Waals surface area contributed by atoms with E-state index >= 15 is 0 Å². The van der Waals surface area contributed by atoms with Gasteiger partial charge in [0.15, 0.2) is 0 Å². The van der Waals surface area contributed by atoms with Crippen LogP contribution in [0, 0.1) is 0 Å². The quantitative estimate of drug-likeness (QED) is 0.887. The molecule has 0 spiro atoms. The summed E-state index contributed by atoms with van der Waals surface area (Å²) in [6, 6.07) is 11.5. The average molecular weight is 287 g/mol. The molecule has 5 heteroatoms. The van der Waals surface area contributed by atoms with Crippen molar-refractivity contribution in [1.29, 1.82) is 0 Å². The van der Waals surface area contributed by atoms with E-state index in [1.165, 1.54) is 19.2 Å². The van der Waals surface area contributed by atoms with Gasteiger partial charge in [-0.05, 0) is 37.3 Å². The first-order valence-corrected chi connectivity index (χ1v) is 6.55. The second-order valence-corrected chi connectivity index (χ2v) is 4.30. The maximum atomic E-state index is 12.2. The lowest BCUT2D eigenvalue weighted by Gasteiger charge is -2.10. The van der Waals surface area contributed by atoms with Gasteiger partial charge in [0.2, 0.25) is 0 Å². The molecule has 2 aromatic rings. The van der Waals surface area contributed by atoms with Crippen LogP contribution in [0.3, 0.4) is 0 Å². The predicted molar refractivity (Wildman–Crippen MR) is 80.2 cm³/mol. The van der Waals surface area contributed by atoms with Crippen LogP contribution in [0.4, 0.5) is 5.69 Å². The van der Waals surface area contributed by atoms with Crippen molar-refractivity contribution in [2.75, 3.05) is 19.0 Å². The van der Waals surface area contributed by atoms with Crippen LogP contribution in [0.5, 0.6) is 17.2 Å². The number of hydrogen-bond donors (Lipinski definition) is 2. The lowest BCUT2D eigenvalue weighted by Crippen LogP contribution is -2.12. The topological polar surface area (TPSA) is 67.8 Å². The molecule has 0 saturated carbocycles. The maximum absolute atomic E-state index is 12.2. The van der Waals surface area contributed by atoms with Gasteiger partial charge < -0.3 is 19.9 Å². The van der Waals surface area contributed by atoms with E-state index in [2.05, 4.69) is 5.32 Å². The Kier molecular flexibility index (Phi) is 4.66. The van der Waals surface area contributed by atoms with E-state index in [0.29, 0.717) is 23.8 Å². The standard InChI is InChI=1S/C16H17NO4/c1-3-21-13-6-4-5-11(9-13)17-16(19)14-10-12(20-2)7-8-15(14)18/h4-10,18H,3H2,1-2H3,(H,17,19). The molecule has 0 aliphatic carbocycles. The minimum atomic E-state index is -0.417. The number of nitrogens with one attached hydrogen (secondary N) is 1. The number of aromatic hydroxyl groups is 1. The number of benzene rings is 2. The molecule has 0 unspecified atom stereocenters. The van der Waals surface area contributed by atoms with Crippen LogP contribution in [0.1, 0.15) is 17.3 Å². The number of carbonyl (C=O) groups is 1. The zero-order valence-electron chi connectivity index (χ0n) is 11.9. The first kappa shape index (κ1) is 14.7. The molecule has 0 saturated heterocycles. The van der Waals surface area contributed by atoms with E-state index in [-0.39, 0.29) is 11.3 Å². The number of hydrogen-bond acceptors (Lipinski definition) is 4. The largest absolute Gasteiger partial charge is 0.507 e. The highest BCUT2D eigenvalue weighted by atomic mass is 16.5. The number of ether oxygens (including phenoxy) is 2. The van der Waals surface area contributed by atoms with Gasteiger partial charge in [0.25, 0.3) is 5.91 Å². The van der Waals surface area contributed by atoms with Crippen molar-refractivity contribution in [1.82, 2.24) is 0 Å². The van der Waals surface area contributed by atoms with E-state index in [1.54, 1.807) is 24.3 Å². The van der Waals surface area contributed by atoms with E-state index in [1.807, 2.05) is 13.0 Å². The normalized spacial score (nSPS) is 10.0. The highest BCUT2D eigenvalue weighted by Gasteiger charge is 2.13. The third-order valence-corrected chi connectivity index (χ3v) is 2.85. The number of anilines is 1. The Morgan fingerprint density at radius 3 is 2.71 bits per heavy atom. The summed E-state index contributed by atoms with van der Waals surface area (Å²) in [4.78, 5) is 12.2. The Morgan fingerprint density at radius 1 is 1.19 bits per heavy atom. The van der Waals surface area contributed by atoms with Gasteiger partial charge in [-0.25, -0.2) is 0 Å². The maximum Gasteiger partial charge on any atom is 0.259 e. The fraction of sp³-hybridized carbons (Fsp3) is 0.188. The zero-order valence-corrected chi connectivity index (χ0v) is 11.9. The molecule has 0 radical (unpaired) electrons. The molecule has 2 N–H and O–H groups in total. The van der Waals surface area contributed by atoms with Crippen LogP contribution in [-0.2, 0) is 0 Å². The molecule has 0 aliphatic rings. The minimum absolute atomic E-state index is 0.103. The van der Waals surface area contributed by atoms with Crippen LogP contribution in [-0.4, -0.2) is 24.7 Å². The molecule has 1 amide bonds. The molecular weight excluding hydrogens is 270 g/mol. The molecule has 0 fully saturated rings. The Morgan fingerprint density at radius 2 is 2.00 bits per heavy atom. The Balaban J connectivity index is 2.19. The summed E-state index contributed by atoms with van der Waals surface area (Å²) in [6.45, 7) is 2.44. The van der Waals surface area contributed by atoms with E-state index in [0.717, 1.165) is 0 Å². The second-order valence-electron chi connectivity index (χ2n) is 4.30. The number of rotatable bonds is 5. The zero-order chi connectivity index (χ0) is 15.2. The lowest BCUT2D eigenvalue weighted by atomic mass is 10.1. The van der Waals surface area contributed by atoms with Gasteiger partial charge in [0.1, 0.15) is 17.2 Å². The van der Waals surface area contributed by atoms with Crippen LogP contribution in [0.25, 0.3) is 0 Å². The molecule has 5 nitrogen and oxygen atoms in total. The summed E-state index contributed by atoms with van der Waals surface area (Å²) in [5, 5.41) is 12.5. The summed E-state index contributed by atoms with van der Waals surface area (Å²) < 4.78 is 10.4. The molecule has 0 aromatic heterocycles. The van der Waals surface area contributed by atoms with Gasteiger partial charge >= 0.3 is 0 Å². The van der Waals surface area contributed by atoms with Crippen LogP contribution < -0.4 is 14.8 Å². The predicted octanol–water partition coefficient (Wildman–Crippen LogP) is 3.05. The third-order valence-electron chi connectivity index (χ3n) is 2.85. The molecule has 0 aliphatic heterocycles. The van der Waals surface area contributed by atoms with Gasteiger partial charge in [0, 0.05) is 11.8 Å². The summed E-state index contributed by atoms with van der Waals surface area (Å²) in [5.41, 5.74) is 0.740. The highest BCUT2D eigenvalue weighted by molar-refractivity contribution is 6.06. The van der Waals surface area contributed by atoms with Crippen LogP contribution >= 0.6 is 0 Å². The molecule has 110 valence electrons. The minimum Gasteiger partial charge on any atom is -0.507 e. The molecule has 0 heterocycles. The Hall–Kier alpha value is -2.69.